The quantitative estimate of drug-likeness (QED) is 0.713. The fourth-order valence-electron chi connectivity index (χ4n) is 2.08. The van der Waals surface area contributed by atoms with E-state index in [1.165, 1.54) is 7.11 Å². The van der Waals surface area contributed by atoms with Crippen molar-refractivity contribution in [2.45, 2.75) is 19.4 Å². The predicted molar refractivity (Wildman–Crippen MR) is 84.6 cm³/mol. The molecule has 0 spiro atoms. The smallest absolute Gasteiger partial charge is 0.154 e. The summed E-state index contributed by atoms with van der Waals surface area (Å²) in [5.74, 6) is 0.771. The van der Waals surface area contributed by atoms with Gasteiger partial charge in [0.15, 0.2) is 9.84 Å². The summed E-state index contributed by atoms with van der Waals surface area (Å²) in [4.78, 5) is 0. The molecule has 21 heavy (non-hydrogen) atoms. The van der Waals surface area contributed by atoms with E-state index in [1.807, 2.05) is 31.2 Å². The fourth-order valence-corrected chi connectivity index (χ4v) is 3.47. The zero-order valence-electron chi connectivity index (χ0n) is 13.0. The van der Waals surface area contributed by atoms with Gasteiger partial charge in [-0.1, -0.05) is 25.1 Å². The third-order valence-electron chi connectivity index (χ3n) is 3.17. The molecular weight excluding hydrogens is 290 g/mol. The predicted octanol–water partition coefficient (Wildman–Crippen LogP) is 1.80. The normalized spacial score (nSPS) is 13.1. The van der Waals surface area contributed by atoms with Crippen LogP contribution < -0.4 is 10.1 Å². The van der Waals surface area contributed by atoms with E-state index in [0.717, 1.165) is 18.5 Å². The molecule has 0 aliphatic heterocycles. The first-order valence-electron chi connectivity index (χ1n) is 7.09. The molecule has 5 nitrogen and oxygen atoms in total. The third-order valence-corrected chi connectivity index (χ3v) is 4.80. The first kappa shape index (κ1) is 17.9. The van der Waals surface area contributed by atoms with E-state index in [0.29, 0.717) is 5.75 Å². The van der Waals surface area contributed by atoms with Gasteiger partial charge in [-0.3, -0.25) is 0 Å². The highest BCUT2D eigenvalue weighted by molar-refractivity contribution is 7.91. The number of methoxy groups -OCH3 is 2. The molecule has 1 unspecified atom stereocenters. The van der Waals surface area contributed by atoms with Crippen molar-refractivity contribution in [2.75, 3.05) is 38.9 Å². The first-order valence-corrected chi connectivity index (χ1v) is 8.91. The van der Waals surface area contributed by atoms with Gasteiger partial charge in [-0.15, -0.1) is 0 Å². The van der Waals surface area contributed by atoms with E-state index in [-0.39, 0.29) is 24.2 Å². The average Bonchev–Trinajstić information content (AvgIpc) is 2.49. The molecule has 0 saturated carbocycles. The topological polar surface area (TPSA) is 64.6 Å². The molecule has 1 aromatic carbocycles. The Morgan fingerprint density at radius 1 is 1.24 bits per heavy atom. The average molecular weight is 315 g/mol. The fraction of sp³-hybridized carbons (Fsp3) is 0.600. The molecule has 0 aliphatic rings. The number of hydrogen-bond acceptors (Lipinski definition) is 5. The zero-order valence-corrected chi connectivity index (χ0v) is 13.8. The highest BCUT2D eigenvalue weighted by Gasteiger charge is 2.22. The maximum atomic E-state index is 12.2. The lowest BCUT2D eigenvalue weighted by Gasteiger charge is -2.21. The molecule has 0 amide bonds. The van der Waals surface area contributed by atoms with Gasteiger partial charge in [0.2, 0.25) is 0 Å². The Hall–Kier alpha value is -1.11. The number of para-hydroxylation sites is 1. The van der Waals surface area contributed by atoms with Crippen LogP contribution in [-0.2, 0) is 14.6 Å². The van der Waals surface area contributed by atoms with Gasteiger partial charge in [-0.05, 0) is 19.0 Å². The Morgan fingerprint density at radius 3 is 2.57 bits per heavy atom. The van der Waals surface area contributed by atoms with Gasteiger partial charge in [0.25, 0.3) is 0 Å². The minimum absolute atomic E-state index is 0.0307. The minimum Gasteiger partial charge on any atom is -0.496 e. The molecule has 0 aliphatic carbocycles. The summed E-state index contributed by atoms with van der Waals surface area (Å²) in [5, 5.41) is 3.29. The Kier molecular flexibility index (Phi) is 7.71. The highest BCUT2D eigenvalue weighted by atomic mass is 32.2. The van der Waals surface area contributed by atoms with Gasteiger partial charge in [-0.2, -0.15) is 0 Å². The van der Waals surface area contributed by atoms with Crippen LogP contribution >= 0.6 is 0 Å². The second-order valence-corrected chi connectivity index (χ2v) is 7.08. The monoisotopic (exact) mass is 315 g/mol. The van der Waals surface area contributed by atoms with E-state index in [9.17, 15) is 8.42 Å². The summed E-state index contributed by atoms with van der Waals surface area (Å²) < 4.78 is 34.6. The second kappa shape index (κ2) is 9.02. The van der Waals surface area contributed by atoms with E-state index >= 15 is 0 Å². The molecule has 1 atom stereocenters. The molecule has 0 saturated heterocycles. The largest absolute Gasteiger partial charge is 0.496 e. The van der Waals surface area contributed by atoms with Crippen molar-refractivity contribution in [1.82, 2.24) is 5.32 Å². The lowest BCUT2D eigenvalue weighted by Crippen LogP contribution is -2.31. The van der Waals surface area contributed by atoms with Crippen molar-refractivity contribution >= 4 is 9.84 Å². The van der Waals surface area contributed by atoms with Gasteiger partial charge in [0, 0.05) is 18.7 Å². The zero-order chi connectivity index (χ0) is 15.7. The van der Waals surface area contributed by atoms with Gasteiger partial charge < -0.3 is 14.8 Å². The molecule has 0 radical (unpaired) electrons. The molecule has 1 aromatic rings. The summed E-state index contributed by atoms with van der Waals surface area (Å²) in [6.45, 7) is 3.02. The molecule has 6 heteroatoms. The van der Waals surface area contributed by atoms with Crippen LogP contribution in [-0.4, -0.2) is 47.3 Å². The van der Waals surface area contributed by atoms with Crippen LogP contribution in [0.15, 0.2) is 24.3 Å². The summed E-state index contributed by atoms with van der Waals surface area (Å²) >= 11 is 0. The van der Waals surface area contributed by atoms with Crippen LogP contribution in [0, 0.1) is 0 Å². The van der Waals surface area contributed by atoms with Crippen LogP contribution in [0.2, 0.25) is 0 Å². The van der Waals surface area contributed by atoms with Crippen molar-refractivity contribution in [1.29, 1.82) is 0 Å². The maximum absolute atomic E-state index is 12.2. The van der Waals surface area contributed by atoms with Crippen molar-refractivity contribution in [2.24, 2.45) is 0 Å². The van der Waals surface area contributed by atoms with Crippen molar-refractivity contribution < 1.29 is 17.9 Å². The lowest BCUT2D eigenvalue weighted by atomic mass is 10.1. The number of rotatable bonds is 10. The van der Waals surface area contributed by atoms with Crippen molar-refractivity contribution in [3.8, 4) is 5.75 Å². The SMILES string of the molecule is CCCNC(CS(=O)(=O)CCOC)c1ccccc1OC. The molecule has 0 heterocycles. The van der Waals surface area contributed by atoms with Crippen LogP contribution in [0.5, 0.6) is 5.75 Å². The summed E-state index contributed by atoms with van der Waals surface area (Å²) in [6, 6.07) is 7.23. The highest BCUT2D eigenvalue weighted by Crippen LogP contribution is 2.26. The number of nitrogens with one attached hydrogen (secondary N) is 1. The lowest BCUT2D eigenvalue weighted by molar-refractivity contribution is 0.217. The number of sulfone groups is 1. The van der Waals surface area contributed by atoms with E-state index in [2.05, 4.69) is 5.32 Å². The van der Waals surface area contributed by atoms with E-state index in [4.69, 9.17) is 9.47 Å². The van der Waals surface area contributed by atoms with Gasteiger partial charge in [0.05, 0.1) is 25.2 Å². The minimum atomic E-state index is -3.19. The van der Waals surface area contributed by atoms with Gasteiger partial charge in [-0.25, -0.2) is 8.42 Å². The number of ether oxygens (including phenoxy) is 2. The van der Waals surface area contributed by atoms with Gasteiger partial charge >= 0.3 is 0 Å². The molecular formula is C15H25NO4S. The Balaban J connectivity index is 2.95. The molecule has 120 valence electrons. The number of hydrogen-bond donors (Lipinski definition) is 1. The van der Waals surface area contributed by atoms with E-state index < -0.39 is 9.84 Å². The molecule has 1 rings (SSSR count). The standard InChI is InChI=1S/C15H25NO4S/c1-4-9-16-14(12-21(17,18)11-10-19-2)13-7-5-6-8-15(13)20-3/h5-8,14,16H,4,9-12H2,1-3H3. The molecule has 1 N–H and O–H groups in total. The summed E-state index contributed by atoms with van der Waals surface area (Å²) in [7, 11) is -0.0946. The van der Waals surface area contributed by atoms with Crippen molar-refractivity contribution in [3.63, 3.8) is 0 Å². The Morgan fingerprint density at radius 2 is 1.95 bits per heavy atom. The molecule has 0 bridgehead atoms. The van der Waals surface area contributed by atoms with E-state index in [1.54, 1.807) is 7.11 Å². The molecule has 0 aromatic heterocycles. The van der Waals surface area contributed by atoms with Crippen LogP contribution in [0.25, 0.3) is 0 Å². The van der Waals surface area contributed by atoms with Crippen molar-refractivity contribution in [3.05, 3.63) is 29.8 Å². The maximum Gasteiger partial charge on any atom is 0.154 e. The second-order valence-electron chi connectivity index (χ2n) is 4.86. The van der Waals surface area contributed by atoms with Gasteiger partial charge in [0.1, 0.15) is 5.75 Å². The third kappa shape index (κ3) is 6.03. The van der Waals surface area contributed by atoms with Crippen LogP contribution in [0.4, 0.5) is 0 Å². The molecule has 0 fully saturated rings. The number of benzene rings is 1. The van der Waals surface area contributed by atoms with Crippen LogP contribution in [0.1, 0.15) is 24.9 Å². The van der Waals surface area contributed by atoms with Crippen LogP contribution in [0.3, 0.4) is 0 Å². The summed E-state index contributed by atoms with van der Waals surface area (Å²) in [6.07, 6.45) is 0.934. The Bertz CT molecular complexity index is 516. The Labute approximate surface area is 127 Å². The first-order chi connectivity index (χ1) is 10.0. The summed E-state index contributed by atoms with van der Waals surface area (Å²) in [5.41, 5.74) is 0.870.